The molecule has 5 nitrogen and oxygen atoms in total. The number of anilines is 1. The maximum Gasteiger partial charge on any atom is 0.239 e. The minimum Gasteiger partial charge on any atom is -0.495 e. The molecule has 6 heteroatoms. The highest BCUT2D eigenvalue weighted by atomic mass is 35.5. The second-order valence-electron chi connectivity index (χ2n) is 3.69. The maximum absolute atomic E-state index is 11.2. The smallest absolute Gasteiger partial charge is 0.239 e. The van der Waals surface area contributed by atoms with Gasteiger partial charge >= 0.3 is 0 Å². The predicted octanol–water partition coefficient (Wildman–Crippen LogP) is 2.03. The quantitative estimate of drug-likeness (QED) is 0.831. The number of carbonyl (C=O) groups is 1. The molecule has 0 saturated carbocycles. The zero-order valence-electron chi connectivity index (χ0n) is 10.6. The number of halogens is 1. The number of hydrogen-bond donors (Lipinski definition) is 2. The van der Waals surface area contributed by atoms with Gasteiger partial charge in [-0.3, -0.25) is 4.79 Å². The van der Waals surface area contributed by atoms with Gasteiger partial charge in [0.1, 0.15) is 17.5 Å². The Balaban J connectivity index is 3.09. The van der Waals surface area contributed by atoms with E-state index in [-0.39, 0.29) is 0 Å². The highest BCUT2D eigenvalue weighted by Crippen LogP contribution is 2.36. The average Bonchev–Trinajstić information content (AvgIpc) is 2.36. The zero-order chi connectivity index (χ0) is 13.7. The normalized spacial score (nSPS) is 11.8. The molecule has 0 spiro atoms. The summed E-state index contributed by atoms with van der Waals surface area (Å²) in [6, 6.07) is 2.83. The molecular formula is C12H17ClN2O3. The highest BCUT2D eigenvalue weighted by Gasteiger charge is 2.16. The molecule has 0 aliphatic rings. The molecule has 1 unspecified atom stereocenters. The van der Waals surface area contributed by atoms with Crippen molar-refractivity contribution in [3.8, 4) is 11.5 Å². The van der Waals surface area contributed by atoms with E-state index in [9.17, 15) is 4.79 Å². The SMILES string of the molecule is CCC(Nc1cc(OC)c(Cl)cc1OC)C(N)=O. The molecule has 3 N–H and O–H groups in total. The van der Waals surface area contributed by atoms with Gasteiger partial charge in [-0.2, -0.15) is 0 Å². The van der Waals surface area contributed by atoms with Gasteiger partial charge in [0.15, 0.2) is 0 Å². The summed E-state index contributed by atoms with van der Waals surface area (Å²) < 4.78 is 10.3. The summed E-state index contributed by atoms with van der Waals surface area (Å²) in [6.45, 7) is 1.86. The van der Waals surface area contributed by atoms with Crippen LogP contribution in [0.25, 0.3) is 0 Å². The Labute approximate surface area is 111 Å². The first-order valence-electron chi connectivity index (χ1n) is 5.50. The van der Waals surface area contributed by atoms with Crippen LogP contribution in [0.2, 0.25) is 5.02 Å². The third-order valence-electron chi connectivity index (χ3n) is 2.56. The monoisotopic (exact) mass is 272 g/mol. The van der Waals surface area contributed by atoms with E-state index in [2.05, 4.69) is 5.32 Å². The summed E-state index contributed by atoms with van der Waals surface area (Å²) in [5.41, 5.74) is 5.90. The number of primary amides is 1. The lowest BCUT2D eigenvalue weighted by Gasteiger charge is -2.18. The van der Waals surface area contributed by atoms with Crippen LogP contribution >= 0.6 is 11.6 Å². The molecule has 18 heavy (non-hydrogen) atoms. The lowest BCUT2D eigenvalue weighted by molar-refractivity contribution is -0.118. The Bertz CT molecular complexity index is 438. The average molecular weight is 273 g/mol. The van der Waals surface area contributed by atoms with E-state index in [1.54, 1.807) is 12.1 Å². The van der Waals surface area contributed by atoms with Gasteiger partial charge in [0.2, 0.25) is 5.91 Å². The van der Waals surface area contributed by atoms with Crippen LogP contribution in [0, 0.1) is 0 Å². The van der Waals surface area contributed by atoms with Crippen molar-refractivity contribution in [1.29, 1.82) is 0 Å². The summed E-state index contributed by atoms with van der Waals surface area (Å²) >= 11 is 5.99. The Morgan fingerprint density at radius 3 is 2.44 bits per heavy atom. The fraction of sp³-hybridized carbons (Fsp3) is 0.417. The molecule has 1 atom stereocenters. The Morgan fingerprint density at radius 1 is 1.39 bits per heavy atom. The van der Waals surface area contributed by atoms with E-state index in [4.69, 9.17) is 26.8 Å². The number of amides is 1. The van der Waals surface area contributed by atoms with Crippen molar-refractivity contribution in [1.82, 2.24) is 0 Å². The maximum atomic E-state index is 11.2. The van der Waals surface area contributed by atoms with Crippen LogP contribution in [-0.4, -0.2) is 26.2 Å². The number of nitrogens with one attached hydrogen (secondary N) is 1. The van der Waals surface area contributed by atoms with Gasteiger partial charge in [-0.1, -0.05) is 18.5 Å². The van der Waals surface area contributed by atoms with E-state index in [1.165, 1.54) is 14.2 Å². The summed E-state index contributed by atoms with van der Waals surface area (Å²) in [6.07, 6.45) is 0.573. The number of rotatable bonds is 6. The second-order valence-corrected chi connectivity index (χ2v) is 4.10. The van der Waals surface area contributed by atoms with Crippen molar-refractivity contribution < 1.29 is 14.3 Å². The number of nitrogens with two attached hydrogens (primary N) is 1. The van der Waals surface area contributed by atoms with E-state index in [1.807, 2.05) is 6.92 Å². The molecule has 1 aromatic carbocycles. The number of ether oxygens (including phenoxy) is 2. The summed E-state index contributed by atoms with van der Waals surface area (Å²) in [5.74, 6) is 0.605. The Hall–Kier alpha value is -1.62. The molecular weight excluding hydrogens is 256 g/mol. The fourth-order valence-corrected chi connectivity index (χ4v) is 1.77. The predicted molar refractivity (Wildman–Crippen MR) is 71.5 cm³/mol. The van der Waals surface area contributed by atoms with Gasteiger partial charge in [0.05, 0.1) is 24.9 Å². The van der Waals surface area contributed by atoms with E-state index >= 15 is 0 Å². The molecule has 1 amide bonds. The molecule has 1 aromatic rings. The second kappa shape index (κ2) is 6.35. The topological polar surface area (TPSA) is 73.6 Å². The van der Waals surface area contributed by atoms with Crippen molar-refractivity contribution in [2.24, 2.45) is 5.73 Å². The highest BCUT2D eigenvalue weighted by molar-refractivity contribution is 6.32. The van der Waals surface area contributed by atoms with Gasteiger partial charge in [0, 0.05) is 12.1 Å². The van der Waals surface area contributed by atoms with Crippen molar-refractivity contribution >= 4 is 23.2 Å². The van der Waals surface area contributed by atoms with Crippen molar-refractivity contribution in [3.63, 3.8) is 0 Å². The van der Waals surface area contributed by atoms with Gasteiger partial charge in [-0.25, -0.2) is 0 Å². The Morgan fingerprint density at radius 2 is 2.00 bits per heavy atom. The number of carbonyl (C=O) groups excluding carboxylic acids is 1. The van der Waals surface area contributed by atoms with Crippen LogP contribution in [0.1, 0.15) is 13.3 Å². The van der Waals surface area contributed by atoms with Gasteiger partial charge in [-0.15, -0.1) is 0 Å². The third kappa shape index (κ3) is 3.20. The number of benzene rings is 1. The molecule has 0 radical (unpaired) electrons. The van der Waals surface area contributed by atoms with Crippen LogP contribution in [0.15, 0.2) is 12.1 Å². The molecule has 0 aromatic heterocycles. The summed E-state index contributed by atoms with van der Waals surface area (Å²) in [7, 11) is 3.04. The molecule has 0 heterocycles. The van der Waals surface area contributed by atoms with Crippen molar-refractivity contribution in [2.45, 2.75) is 19.4 Å². The van der Waals surface area contributed by atoms with Gasteiger partial charge in [-0.05, 0) is 6.42 Å². The molecule has 100 valence electrons. The van der Waals surface area contributed by atoms with Crippen molar-refractivity contribution in [3.05, 3.63) is 17.2 Å². The number of methoxy groups -OCH3 is 2. The summed E-state index contributed by atoms with van der Waals surface area (Å²) in [5, 5.41) is 3.45. The minimum absolute atomic E-state index is 0.423. The van der Waals surface area contributed by atoms with Crippen LogP contribution in [0.5, 0.6) is 11.5 Å². The molecule has 0 bridgehead atoms. The zero-order valence-corrected chi connectivity index (χ0v) is 11.4. The molecule has 0 aliphatic heterocycles. The van der Waals surface area contributed by atoms with Crippen LogP contribution in [0.4, 0.5) is 5.69 Å². The lowest BCUT2D eigenvalue weighted by Crippen LogP contribution is -2.34. The van der Waals surface area contributed by atoms with Crippen LogP contribution in [0.3, 0.4) is 0 Å². The third-order valence-corrected chi connectivity index (χ3v) is 2.85. The molecule has 0 fully saturated rings. The van der Waals surface area contributed by atoms with Crippen LogP contribution < -0.4 is 20.5 Å². The summed E-state index contributed by atoms with van der Waals surface area (Å²) in [4.78, 5) is 11.2. The van der Waals surface area contributed by atoms with Crippen molar-refractivity contribution in [2.75, 3.05) is 19.5 Å². The first kappa shape index (κ1) is 14.4. The first-order valence-corrected chi connectivity index (χ1v) is 5.88. The molecule has 0 saturated heterocycles. The van der Waals surface area contributed by atoms with Crippen LogP contribution in [-0.2, 0) is 4.79 Å². The Kier molecular flexibility index (Phi) is 5.09. The standard InChI is InChI=1S/C12H17ClN2O3/c1-4-8(12(14)16)15-9-6-10(17-2)7(13)5-11(9)18-3/h5-6,8,15H,4H2,1-3H3,(H2,14,16). The van der Waals surface area contributed by atoms with E-state index in [0.29, 0.717) is 28.6 Å². The number of hydrogen-bond acceptors (Lipinski definition) is 4. The first-order chi connectivity index (χ1) is 8.53. The molecule has 0 aliphatic carbocycles. The van der Waals surface area contributed by atoms with E-state index < -0.39 is 11.9 Å². The fourth-order valence-electron chi connectivity index (χ4n) is 1.54. The molecule has 1 rings (SSSR count). The lowest BCUT2D eigenvalue weighted by atomic mass is 10.2. The van der Waals surface area contributed by atoms with Gasteiger partial charge < -0.3 is 20.5 Å². The van der Waals surface area contributed by atoms with Gasteiger partial charge in [0.25, 0.3) is 0 Å². The largest absolute Gasteiger partial charge is 0.495 e. The minimum atomic E-state index is -0.468. The van der Waals surface area contributed by atoms with E-state index in [0.717, 1.165) is 0 Å².